The van der Waals surface area contributed by atoms with Crippen molar-refractivity contribution in [3.05, 3.63) is 48.7 Å². The molecule has 1 aliphatic carbocycles. The fraction of sp³-hybridized carbons (Fsp3) is 0.444. The van der Waals surface area contributed by atoms with Crippen molar-refractivity contribution in [3.63, 3.8) is 0 Å². The van der Waals surface area contributed by atoms with Crippen molar-refractivity contribution in [2.45, 2.75) is 19.3 Å². The fourth-order valence-corrected chi connectivity index (χ4v) is 4.16. The number of aromatic nitrogens is 3. The molecule has 24 heavy (non-hydrogen) atoms. The summed E-state index contributed by atoms with van der Waals surface area (Å²) in [6.07, 6.45) is 10.1. The molecule has 1 amide bonds. The van der Waals surface area contributed by atoms with Gasteiger partial charge in [-0.05, 0) is 30.9 Å². The normalized spacial score (nSPS) is 25.5. The van der Waals surface area contributed by atoms with Crippen LogP contribution in [-0.4, -0.2) is 45.4 Å². The lowest BCUT2D eigenvalue weighted by atomic mass is 9.80. The second-order valence-corrected chi connectivity index (χ2v) is 6.80. The number of anilines is 1. The van der Waals surface area contributed by atoms with Crippen molar-refractivity contribution in [1.29, 1.82) is 0 Å². The summed E-state index contributed by atoms with van der Waals surface area (Å²) in [5.41, 5.74) is 0.584. The highest BCUT2D eigenvalue weighted by Gasteiger charge is 2.50. The monoisotopic (exact) mass is 323 g/mol. The number of hydrogen-bond donors (Lipinski definition) is 1. The predicted octanol–water partition coefficient (Wildman–Crippen LogP) is 2.23. The van der Waals surface area contributed by atoms with Crippen LogP contribution in [0.15, 0.2) is 43.0 Å². The van der Waals surface area contributed by atoms with Gasteiger partial charge in [0.2, 0.25) is 0 Å². The minimum absolute atomic E-state index is 0.00490. The van der Waals surface area contributed by atoms with Gasteiger partial charge in [0.25, 0.3) is 5.91 Å². The third kappa shape index (κ3) is 2.72. The molecule has 2 aliphatic rings. The van der Waals surface area contributed by atoms with Gasteiger partial charge in [-0.3, -0.25) is 9.78 Å². The molecule has 3 heterocycles. The molecule has 4 rings (SSSR count). The number of nitrogens with zero attached hydrogens (tertiary/aromatic N) is 4. The molecule has 2 aromatic heterocycles. The van der Waals surface area contributed by atoms with Crippen LogP contribution in [0.1, 0.15) is 29.8 Å². The fourth-order valence-electron chi connectivity index (χ4n) is 4.16. The van der Waals surface area contributed by atoms with E-state index in [1.54, 1.807) is 24.8 Å². The summed E-state index contributed by atoms with van der Waals surface area (Å²) >= 11 is 0. The summed E-state index contributed by atoms with van der Waals surface area (Å²) in [5, 5.41) is 3.47. The molecule has 2 aromatic rings. The first kappa shape index (κ1) is 15.1. The Morgan fingerprint density at radius 2 is 2.25 bits per heavy atom. The maximum Gasteiger partial charge on any atom is 0.274 e. The average Bonchev–Trinajstić information content (AvgIpc) is 3.18. The molecule has 0 unspecified atom stereocenters. The molecular weight excluding hydrogens is 302 g/mol. The molecule has 0 bridgehead atoms. The molecule has 1 saturated carbocycles. The number of carbonyl (C=O) groups is 1. The Bertz CT molecular complexity index is 708. The van der Waals surface area contributed by atoms with E-state index in [4.69, 9.17) is 0 Å². The van der Waals surface area contributed by atoms with Gasteiger partial charge in [0.05, 0.1) is 6.20 Å². The van der Waals surface area contributed by atoms with E-state index >= 15 is 0 Å². The maximum atomic E-state index is 12.7. The highest BCUT2D eigenvalue weighted by Crippen LogP contribution is 2.48. The highest BCUT2D eigenvalue weighted by atomic mass is 16.2. The topological polar surface area (TPSA) is 71.0 Å². The summed E-state index contributed by atoms with van der Waals surface area (Å²) < 4.78 is 0. The van der Waals surface area contributed by atoms with Crippen LogP contribution < -0.4 is 5.32 Å². The number of pyridine rings is 1. The van der Waals surface area contributed by atoms with E-state index in [2.05, 4.69) is 20.3 Å². The molecule has 2 atom stereocenters. The number of hydrogen-bond acceptors (Lipinski definition) is 5. The zero-order chi connectivity index (χ0) is 16.4. The molecule has 0 spiro atoms. The van der Waals surface area contributed by atoms with Gasteiger partial charge >= 0.3 is 0 Å². The smallest absolute Gasteiger partial charge is 0.274 e. The van der Waals surface area contributed by atoms with Crippen molar-refractivity contribution in [3.8, 4) is 0 Å². The number of nitrogens with one attached hydrogen (secondary N) is 1. The molecule has 6 heteroatoms. The first-order valence-electron chi connectivity index (χ1n) is 8.47. The Kier molecular flexibility index (Phi) is 3.88. The van der Waals surface area contributed by atoms with Crippen LogP contribution in [0.5, 0.6) is 0 Å². The summed E-state index contributed by atoms with van der Waals surface area (Å²) in [6, 6.07) is 5.88. The van der Waals surface area contributed by atoms with Gasteiger partial charge in [-0.15, -0.1) is 0 Å². The average molecular weight is 323 g/mol. The quantitative estimate of drug-likeness (QED) is 0.934. The van der Waals surface area contributed by atoms with Crippen LogP contribution in [-0.2, 0) is 0 Å². The minimum Gasteiger partial charge on any atom is -0.369 e. The Hall–Kier alpha value is -2.50. The standard InChI is InChI=1S/C18H21N5O/c24-17(15-10-19-8-9-20-15)23-11-14-4-3-6-18(14,13-23)12-22-16-5-1-2-7-21-16/h1-2,5,7-10,14H,3-4,6,11-13H2,(H,21,22)/t14-,18-/m0/s1. The lowest BCUT2D eigenvalue weighted by Crippen LogP contribution is -2.36. The molecule has 0 aromatic carbocycles. The van der Waals surface area contributed by atoms with E-state index in [-0.39, 0.29) is 11.3 Å². The number of likely N-dealkylation sites (tertiary alicyclic amines) is 1. The Morgan fingerprint density at radius 1 is 1.29 bits per heavy atom. The van der Waals surface area contributed by atoms with E-state index in [0.717, 1.165) is 31.9 Å². The molecular formula is C18H21N5O. The lowest BCUT2D eigenvalue weighted by molar-refractivity contribution is 0.0764. The van der Waals surface area contributed by atoms with Crippen molar-refractivity contribution < 1.29 is 4.79 Å². The van der Waals surface area contributed by atoms with Crippen molar-refractivity contribution >= 4 is 11.7 Å². The van der Waals surface area contributed by atoms with Crippen molar-refractivity contribution in [2.75, 3.05) is 25.0 Å². The number of fused-ring (bicyclic) bond motifs is 1. The third-order valence-corrected chi connectivity index (χ3v) is 5.40. The molecule has 0 radical (unpaired) electrons. The SMILES string of the molecule is O=C(c1cnccn1)N1C[C@@H]2CCC[C@]2(CNc2ccccn2)C1. The number of carbonyl (C=O) groups excluding carboxylic acids is 1. The molecule has 1 saturated heterocycles. The van der Waals surface area contributed by atoms with Crippen LogP contribution in [0.2, 0.25) is 0 Å². The third-order valence-electron chi connectivity index (χ3n) is 5.40. The van der Waals surface area contributed by atoms with Crippen LogP contribution >= 0.6 is 0 Å². The van der Waals surface area contributed by atoms with Gasteiger partial charge in [0.15, 0.2) is 0 Å². The van der Waals surface area contributed by atoms with Gasteiger partial charge in [0, 0.05) is 43.6 Å². The van der Waals surface area contributed by atoms with Crippen molar-refractivity contribution in [2.24, 2.45) is 11.3 Å². The molecule has 1 N–H and O–H groups in total. The minimum atomic E-state index is -0.00490. The van der Waals surface area contributed by atoms with E-state index in [0.29, 0.717) is 11.6 Å². The largest absolute Gasteiger partial charge is 0.369 e. The molecule has 124 valence electrons. The van der Waals surface area contributed by atoms with Gasteiger partial charge < -0.3 is 10.2 Å². The second-order valence-electron chi connectivity index (χ2n) is 6.80. The summed E-state index contributed by atoms with van der Waals surface area (Å²) in [7, 11) is 0. The van der Waals surface area contributed by atoms with Gasteiger partial charge in [-0.25, -0.2) is 9.97 Å². The summed E-state index contributed by atoms with van der Waals surface area (Å²) in [6.45, 7) is 2.46. The molecule has 6 nitrogen and oxygen atoms in total. The predicted molar refractivity (Wildman–Crippen MR) is 90.4 cm³/mol. The zero-order valence-corrected chi connectivity index (χ0v) is 13.6. The van der Waals surface area contributed by atoms with Gasteiger partial charge in [0.1, 0.15) is 11.5 Å². The molecule has 2 fully saturated rings. The maximum absolute atomic E-state index is 12.7. The van der Waals surface area contributed by atoms with E-state index in [9.17, 15) is 4.79 Å². The lowest BCUT2D eigenvalue weighted by Gasteiger charge is -2.29. The zero-order valence-electron chi connectivity index (χ0n) is 13.6. The highest BCUT2D eigenvalue weighted by molar-refractivity contribution is 5.92. The van der Waals surface area contributed by atoms with E-state index in [1.165, 1.54) is 12.8 Å². The Labute approximate surface area is 141 Å². The van der Waals surface area contributed by atoms with Gasteiger partial charge in [-0.2, -0.15) is 0 Å². The first-order chi connectivity index (χ1) is 11.8. The first-order valence-corrected chi connectivity index (χ1v) is 8.47. The molecule has 1 aliphatic heterocycles. The van der Waals surface area contributed by atoms with E-state index < -0.39 is 0 Å². The Balaban J connectivity index is 1.48. The van der Waals surface area contributed by atoms with E-state index in [1.807, 2.05) is 23.1 Å². The van der Waals surface area contributed by atoms with Crippen LogP contribution in [0, 0.1) is 11.3 Å². The van der Waals surface area contributed by atoms with Crippen molar-refractivity contribution in [1.82, 2.24) is 19.9 Å². The number of rotatable bonds is 4. The Morgan fingerprint density at radius 3 is 3.04 bits per heavy atom. The van der Waals surface area contributed by atoms with Crippen LogP contribution in [0.3, 0.4) is 0 Å². The van der Waals surface area contributed by atoms with Crippen LogP contribution in [0.4, 0.5) is 5.82 Å². The number of amides is 1. The van der Waals surface area contributed by atoms with Crippen LogP contribution in [0.25, 0.3) is 0 Å². The van der Waals surface area contributed by atoms with Gasteiger partial charge in [-0.1, -0.05) is 12.5 Å². The second kappa shape index (κ2) is 6.19. The summed E-state index contributed by atoms with van der Waals surface area (Å²) in [5.74, 6) is 1.44. The summed E-state index contributed by atoms with van der Waals surface area (Å²) in [4.78, 5) is 27.1.